The maximum absolute atomic E-state index is 6.01. The maximum Gasteiger partial charge on any atom is 0.188 e. The predicted octanol–water partition coefficient (Wildman–Crippen LogP) is 2.84. The Morgan fingerprint density at radius 2 is 2.24 bits per heavy atom. The molecule has 1 aromatic heterocycles. The zero-order valence-electron chi connectivity index (χ0n) is 13.2. The number of hydrogen-bond donors (Lipinski definition) is 2. The van der Waals surface area contributed by atoms with E-state index in [9.17, 15) is 0 Å². The molecule has 0 amide bonds. The van der Waals surface area contributed by atoms with Gasteiger partial charge in [0.05, 0.1) is 12.6 Å². The molecule has 1 unspecified atom stereocenters. The Kier molecular flexibility index (Phi) is 6.51. The summed E-state index contributed by atoms with van der Waals surface area (Å²) >= 11 is 1.74. The highest BCUT2D eigenvalue weighted by Crippen LogP contribution is 2.25. The smallest absolute Gasteiger partial charge is 0.188 e. The van der Waals surface area contributed by atoms with Crippen molar-refractivity contribution < 1.29 is 0 Å². The quantitative estimate of drug-likeness (QED) is 0.573. The molecule has 1 aliphatic rings. The summed E-state index contributed by atoms with van der Waals surface area (Å²) in [6.45, 7) is 8.16. The lowest BCUT2D eigenvalue weighted by atomic mass is 9.85. The molecule has 1 aromatic rings. The van der Waals surface area contributed by atoms with Crippen molar-refractivity contribution in [3.05, 3.63) is 22.4 Å². The lowest BCUT2D eigenvalue weighted by Crippen LogP contribution is -2.38. The molecule has 0 radical (unpaired) electrons. The number of aliphatic imine (C=N–C) groups is 1. The number of guanidine groups is 1. The second kappa shape index (κ2) is 8.39. The Balaban J connectivity index is 1.90. The highest BCUT2D eigenvalue weighted by Gasteiger charge is 2.19. The highest BCUT2D eigenvalue weighted by molar-refractivity contribution is 7.07. The van der Waals surface area contributed by atoms with Gasteiger partial charge in [0.15, 0.2) is 5.96 Å². The van der Waals surface area contributed by atoms with E-state index in [0.717, 1.165) is 32.1 Å². The Morgan fingerprint density at radius 1 is 1.48 bits per heavy atom. The van der Waals surface area contributed by atoms with Crippen LogP contribution in [-0.2, 0) is 0 Å². The summed E-state index contributed by atoms with van der Waals surface area (Å²) in [5.41, 5.74) is 7.36. The Labute approximate surface area is 132 Å². The molecule has 1 atom stereocenters. The van der Waals surface area contributed by atoms with Crippen molar-refractivity contribution >= 4 is 17.3 Å². The summed E-state index contributed by atoms with van der Waals surface area (Å²) in [6.07, 6.45) is 4.03. The van der Waals surface area contributed by atoms with E-state index in [1.165, 1.54) is 24.8 Å². The van der Waals surface area contributed by atoms with Crippen molar-refractivity contribution in [1.82, 2.24) is 10.2 Å². The minimum atomic E-state index is 0.329. The van der Waals surface area contributed by atoms with Gasteiger partial charge < -0.3 is 11.1 Å². The summed E-state index contributed by atoms with van der Waals surface area (Å²) in [7, 11) is 0. The average Bonchev–Trinajstić information content (AvgIpc) is 2.95. The van der Waals surface area contributed by atoms with Crippen LogP contribution in [-0.4, -0.2) is 37.0 Å². The topological polar surface area (TPSA) is 53.6 Å². The normalized spacial score (nSPS) is 17.8. The Morgan fingerprint density at radius 3 is 2.76 bits per heavy atom. The first-order valence-corrected chi connectivity index (χ1v) is 8.98. The third kappa shape index (κ3) is 4.71. The van der Waals surface area contributed by atoms with E-state index < -0.39 is 0 Å². The van der Waals surface area contributed by atoms with Gasteiger partial charge in [-0.1, -0.05) is 20.3 Å². The van der Waals surface area contributed by atoms with Crippen molar-refractivity contribution in [2.75, 3.05) is 26.2 Å². The molecule has 118 valence electrons. The SMILES string of the molecule is CCN(CC)C(CN=C(N)NCC1CCC1)c1ccsc1. The van der Waals surface area contributed by atoms with Gasteiger partial charge in [-0.25, -0.2) is 0 Å². The summed E-state index contributed by atoms with van der Waals surface area (Å²) in [6, 6.07) is 2.52. The van der Waals surface area contributed by atoms with Gasteiger partial charge in [0.25, 0.3) is 0 Å². The fraction of sp³-hybridized carbons (Fsp3) is 0.688. The maximum atomic E-state index is 6.01. The molecule has 1 heterocycles. The molecule has 1 aliphatic carbocycles. The Bertz CT molecular complexity index is 421. The molecule has 0 aromatic carbocycles. The molecule has 0 saturated heterocycles. The van der Waals surface area contributed by atoms with Crippen molar-refractivity contribution in [3.63, 3.8) is 0 Å². The second-order valence-corrected chi connectivity index (χ2v) is 6.48. The molecule has 1 fully saturated rings. The first-order chi connectivity index (χ1) is 10.2. The van der Waals surface area contributed by atoms with E-state index in [1.54, 1.807) is 11.3 Å². The number of nitrogens with one attached hydrogen (secondary N) is 1. The number of nitrogens with two attached hydrogens (primary N) is 1. The van der Waals surface area contributed by atoms with Crippen LogP contribution in [0.25, 0.3) is 0 Å². The van der Waals surface area contributed by atoms with Crippen LogP contribution in [0.15, 0.2) is 21.8 Å². The summed E-state index contributed by atoms with van der Waals surface area (Å²) in [5, 5.41) is 7.62. The lowest BCUT2D eigenvalue weighted by Gasteiger charge is -2.28. The van der Waals surface area contributed by atoms with Crippen molar-refractivity contribution in [3.8, 4) is 0 Å². The van der Waals surface area contributed by atoms with Gasteiger partial charge in [-0.05, 0) is 54.2 Å². The van der Waals surface area contributed by atoms with Gasteiger partial charge in [-0.3, -0.25) is 9.89 Å². The first-order valence-electron chi connectivity index (χ1n) is 8.04. The van der Waals surface area contributed by atoms with Crippen LogP contribution in [0.4, 0.5) is 0 Å². The van der Waals surface area contributed by atoms with E-state index in [4.69, 9.17) is 5.73 Å². The minimum Gasteiger partial charge on any atom is -0.370 e. The molecule has 1 saturated carbocycles. The molecule has 21 heavy (non-hydrogen) atoms. The number of hydrogen-bond acceptors (Lipinski definition) is 3. The molecule has 0 aliphatic heterocycles. The van der Waals surface area contributed by atoms with Crippen molar-refractivity contribution in [2.45, 2.75) is 39.2 Å². The largest absolute Gasteiger partial charge is 0.370 e. The summed E-state index contributed by atoms with van der Waals surface area (Å²) < 4.78 is 0. The van der Waals surface area contributed by atoms with E-state index in [2.05, 4.69) is 45.9 Å². The van der Waals surface area contributed by atoms with Crippen LogP contribution in [0.3, 0.4) is 0 Å². The van der Waals surface area contributed by atoms with Crippen molar-refractivity contribution in [1.29, 1.82) is 0 Å². The highest BCUT2D eigenvalue weighted by atomic mass is 32.1. The standard InChI is InChI=1S/C16H28N4S/c1-3-20(4-2)15(14-8-9-21-12-14)11-19-16(17)18-10-13-6-5-7-13/h8-9,12-13,15H,3-7,10-11H2,1-2H3,(H3,17,18,19). The van der Waals surface area contributed by atoms with Crippen LogP contribution < -0.4 is 11.1 Å². The van der Waals surface area contributed by atoms with E-state index >= 15 is 0 Å². The zero-order valence-corrected chi connectivity index (χ0v) is 14.0. The van der Waals surface area contributed by atoms with Crippen LogP contribution in [0.2, 0.25) is 0 Å². The van der Waals surface area contributed by atoms with Crippen LogP contribution in [0.5, 0.6) is 0 Å². The lowest BCUT2D eigenvalue weighted by molar-refractivity contribution is 0.224. The average molecular weight is 308 g/mol. The third-order valence-corrected chi connectivity index (χ3v) is 5.11. The van der Waals surface area contributed by atoms with E-state index in [1.807, 2.05) is 0 Å². The van der Waals surface area contributed by atoms with Crippen LogP contribution in [0.1, 0.15) is 44.7 Å². The molecule has 2 rings (SSSR count). The van der Waals surface area contributed by atoms with Gasteiger partial charge in [-0.15, -0.1) is 0 Å². The monoisotopic (exact) mass is 308 g/mol. The first kappa shape index (κ1) is 16.3. The number of rotatable bonds is 8. The van der Waals surface area contributed by atoms with Gasteiger partial charge in [0, 0.05) is 6.54 Å². The molecule has 3 N–H and O–H groups in total. The van der Waals surface area contributed by atoms with Crippen molar-refractivity contribution in [2.24, 2.45) is 16.6 Å². The third-order valence-electron chi connectivity index (χ3n) is 4.41. The van der Waals surface area contributed by atoms with Gasteiger partial charge in [0.1, 0.15) is 0 Å². The van der Waals surface area contributed by atoms with E-state index in [-0.39, 0.29) is 0 Å². The molecule has 5 heteroatoms. The zero-order chi connectivity index (χ0) is 15.1. The fourth-order valence-electron chi connectivity index (χ4n) is 2.75. The van der Waals surface area contributed by atoms with Gasteiger partial charge in [0.2, 0.25) is 0 Å². The molecule has 0 spiro atoms. The molecular weight excluding hydrogens is 280 g/mol. The summed E-state index contributed by atoms with van der Waals surface area (Å²) in [4.78, 5) is 7.01. The number of likely N-dealkylation sites (N-methyl/N-ethyl adjacent to an activating group) is 1. The van der Waals surface area contributed by atoms with Crippen LogP contribution >= 0.6 is 11.3 Å². The van der Waals surface area contributed by atoms with Crippen LogP contribution in [0, 0.1) is 5.92 Å². The number of nitrogens with zero attached hydrogens (tertiary/aromatic N) is 2. The van der Waals surface area contributed by atoms with Gasteiger partial charge in [-0.2, -0.15) is 11.3 Å². The minimum absolute atomic E-state index is 0.329. The molecule has 4 nitrogen and oxygen atoms in total. The molecular formula is C16H28N4S. The number of thiophene rings is 1. The second-order valence-electron chi connectivity index (χ2n) is 5.70. The molecule has 0 bridgehead atoms. The van der Waals surface area contributed by atoms with E-state index in [0.29, 0.717) is 12.0 Å². The Hall–Kier alpha value is -1.07. The predicted molar refractivity (Wildman–Crippen MR) is 91.8 cm³/mol. The van der Waals surface area contributed by atoms with Gasteiger partial charge >= 0.3 is 0 Å². The summed E-state index contributed by atoms with van der Waals surface area (Å²) in [5.74, 6) is 1.39. The fourth-order valence-corrected chi connectivity index (χ4v) is 3.45.